The Labute approximate surface area is 128 Å². The van der Waals surface area contributed by atoms with Crippen LogP contribution in [0.4, 0.5) is 0 Å². The Morgan fingerprint density at radius 3 is 2.62 bits per heavy atom. The van der Waals surface area contributed by atoms with Crippen molar-refractivity contribution in [3.63, 3.8) is 0 Å². The van der Waals surface area contributed by atoms with E-state index in [2.05, 4.69) is 28.8 Å². The second-order valence-electron chi connectivity index (χ2n) is 4.23. The number of benzene rings is 1. The highest BCUT2D eigenvalue weighted by Gasteiger charge is 2.03. The van der Waals surface area contributed by atoms with Gasteiger partial charge in [0, 0.05) is 18.1 Å². The first kappa shape index (κ1) is 17.3. The fraction of sp³-hybridized carbons (Fsp3) is 0.333. The number of carbonyl (C=O) groups is 2. The molecule has 1 amide bonds. The lowest BCUT2D eigenvalue weighted by atomic mass is 10.1. The number of carboxylic acid groups (broad SMARTS) is 1. The van der Waals surface area contributed by atoms with Crippen LogP contribution in [-0.2, 0) is 20.1 Å². The van der Waals surface area contributed by atoms with Crippen molar-refractivity contribution < 1.29 is 19.4 Å². The van der Waals surface area contributed by atoms with Crippen LogP contribution in [0.25, 0.3) is 6.08 Å². The van der Waals surface area contributed by atoms with Gasteiger partial charge in [0.25, 0.3) is 0 Å². The number of rotatable bonds is 10. The molecule has 0 fully saturated rings. The van der Waals surface area contributed by atoms with E-state index in [9.17, 15) is 9.59 Å². The van der Waals surface area contributed by atoms with E-state index in [1.807, 2.05) is 12.1 Å². The van der Waals surface area contributed by atoms with Crippen LogP contribution in [0.15, 0.2) is 30.8 Å². The minimum atomic E-state index is -1.08. The molecule has 0 saturated heterocycles. The molecule has 0 bridgehead atoms. The topological polar surface area (TPSA) is 75.6 Å². The third-order valence-corrected chi connectivity index (χ3v) is 3.54. The van der Waals surface area contributed by atoms with Crippen LogP contribution in [0.3, 0.4) is 0 Å². The van der Waals surface area contributed by atoms with Crippen LogP contribution in [0.2, 0.25) is 0 Å². The zero-order chi connectivity index (χ0) is 15.5. The molecule has 1 rings (SSSR count). The largest absolute Gasteiger partial charge is 0.480 e. The molecule has 0 aliphatic heterocycles. The van der Waals surface area contributed by atoms with Crippen molar-refractivity contribution in [2.75, 3.05) is 25.5 Å². The fourth-order valence-electron chi connectivity index (χ4n) is 1.48. The van der Waals surface area contributed by atoms with Crippen molar-refractivity contribution in [1.29, 1.82) is 0 Å². The monoisotopic (exact) mass is 309 g/mol. The van der Waals surface area contributed by atoms with Crippen LogP contribution in [0.1, 0.15) is 11.1 Å². The van der Waals surface area contributed by atoms with Crippen molar-refractivity contribution in [2.45, 2.75) is 5.75 Å². The van der Waals surface area contributed by atoms with Crippen LogP contribution >= 0.6 is 11.8 Å². The van der Waals surface area contributed by atoms with E-state index >= 15 is 0 Å². The maximum Gasteiger partial charge on any atom is 0.329 e. The van der Waals surface area contributed by atoms with Crippen molar-refractivity contribution in [1.82, 2.24) is 5.32 Å². The van der Waals surface area contributed by atoms with Gasteiger partial charge in [-0.25, -0.2) is 4.79 Å². The number of carboxylic acids is 1. The third-order valence-electron chi connectivity index (χ3n) is 2.51. The van der Waals surface area contributed by atoms with Gasteiger partial charge in [-0.1, -0.05) is 36.9 Å². The Hall–Kier alpha value is -1.79. The van der Waals surface area contributed by atoms with Gasteiger partial charge >= 0.3 is 5.97 Å². The standard InChI is InChI=1S/C15H19NO4S/c1-2-12-3-5-13(6-4-12)11-21-8-7-16-14(17)9-20-10-15(18)19/h2-6H,1,7-11H2,(H,16,17)(H,18,19). The number of carbonyl (C=O) groups excluding carboxylic acids is 1. The first-order chi connectivity index (χ1) is 10.1. The van der Waals surface area contributed by atoms with Gasteiger partial charge in [0.1, 0.15) is 13.2 Å². The molecule has 0 heterocycles. The van der Waals surface area contributed by atoms with E-state index in [0.717, 1.165) is 17.1 Å². The number of hydrogen-bond donors (Lipinski definition) is 2. The maximum absolute atomic E-state index is 11.3. The lowest BCUT2D eigenvalue weighted by Crippen LogP contribution is -2.30. The van der Waals surface area contributed by atoms with E-state index in [1.54, 1.807) is 17.8 Å². The molecule has 0 atom stereocenters. The van der Waals surface area contributed by atoms with E-state index in [-0.39, 0.29) is 12.5 Å². The Morgan fingerprint density at radius 2 is 2.00 bits per heavy atom. The highest BCUT2D eigenvalue weighted by Crippen LogP contribution is 2.13. The molecule has 0 radical (unpaired) electrons. The van der Waals surface area contributed by atoms with Gasteiger partial charge in [0.2, 0.25) is 5.91 Å². The van der Waals surface area contributed by atoms with E-state index < -0.39 is 12.6 Å². The molecule has 0 aromatic heterocycles. The molecule has 1 aromatic carbocycles. The molecular weight excluding hydrogens is 290 g/mol. The smallest absolute Gasteiger partial charge is 0.329 e. The number of hydrogen-bond acceptors (Lipinski definition) is 4. The van der Waals surface area contributed by atoms with Gasteiger partial charge in [0.05, 0.1) is 0 Å². The molecule has 0 saturated carbocycles. The normalized spacial score (nSPS) is 10.1. The summed E-state index contributed by atoms with van der Waals surface area (Å²) in [4.78, 5) is 21.5. The average molecular weight is 309 g/mol. The van der Waals surface area contributed by atoms with Crippen molar-refractivity contribution in [3.8, 4) is 0 Å². The first-order valence-electron chi connectivity index (χ1n) is 6.47. The summed E-state index contributed by atoms with van der Waals surface area (Å²) in [6, 6.07) is 8.15. The fourth-order valence-corrected chi connectivity index (χ4v) is 2.30. The van der Waals surface area contributed by atoms with Gasteiger partial charge in [-0.3, -0.25) is 4.79 Å². The molecule has 0 aliphatic carbocycles. The molecule has 21 heavy (non-hydrogen) atoms. The zero-order valence-electron chi connectivity index (χ0n) is 11.7. The van der Waals surface area contributed by atoms with E-state index in [4.69, 9.17) is 5.11 Å². The molecule has 2 N–H and O–H groups in total. The van der Waals surface area contributed by atoms with Crippen molar-refractivity contribution in [2.24, 2.45) is 0 Å². The Balaban J connectivity index is 2.06. The molecule has 6 heteroatoms. The third kappa shape index (κ3) is 8.16. The molecule has 0 spiro atoms. The van der Waals surface area contributed by atoms with Crippen LogP contribution in [-0.4, -0.2) is 42.5 Å². The highest BCUT2D eigenvalue weighted by molar-refractivity contribution is 7.98. The van der Waals surface area contributed by atoms with Crippen molar-refractivity contribution in [3.05, 3.63) is 42.0 Å². The van der Waals surface area contributed by atoms with Crippen molar-refractivity contribution >= 4 is 29.7 Å². The summed E-state index contributed by atoms with van der Waals surface area (Å²) in [5, 5.41) is 11.0. The van der Waals surface area contributed by atoms with E-state index in [1.165, 1.54) is 5.56 Å². The van der Waals surface area contributed by atoms with Crippen LogP contribution < -0.4 is 5.32 Å². The Morgan fingerprint density at radius 1 is 1.29 bits per heavy atom. The predicted molar refractivity (Wildman–Crippen MR) is 84.2 cm³/mol. The van der Waals surface area contributed by atoms with Gasteiger partial charge in [-0.05, 0) is 11.1 Å². The molecule has 1 aromatic rings. The number of thioether (sulfide) groups is 1. The summed E-state index contributed by atoms with van der Waals surface area (Å²) in [6.07, 6.45) is 1.80. The number of nitrogens with one attached hydrogen (secondary N) is 1. The molecule has 114 valence electrons. The van der Waals surface area contributed by atoms with E-state index in [0.29, 0.717) is 6.54 Å². The molecule has 0 unspecified atom stereocenters. The summed E-state index contributed by atoms with van der Waals surface area (Å²) in [5.74, 6) is 0.282. The average Bonchev–Trinajstić information content (AvgIpc) is 2.47. The second kappa shape index (κ2) is 10.0. The lowest BCUT2D eigenvalue weighted by Gasteiger charge is -2.05. The van der Waals surface area contributed by atoms with Crippen LogP contribution in [0, 0.1) is 0 Å². The number of aliphatic carboxylic acids is 1. The summed E-state index contributed by atoms with van der Waals surface area (Å²) < 4.78 is 4.68. The summed E-state index contributed by atoms with van der Waals surface area (Å²) in [7, 11) is 0. The summed E-state index contributed by atoms with van der Waals surface area (Å²) >= 11 is 1.72. The minimum absolute atomic E-state index is 0.222. The maximum atomic E-state index is 11.3. The molecule has 5 nitrogen and oxygen atoms in total. The van der Waals surface area contributed by atoms with Gasteiger partial charge in [-0.2, -0.15) is 11.8 Å². The summed E-state index contributed by atoms with van der Waals surface area (Å²) in [6.45, 7) is 3.56. The van der Waals surface area contributed by atoms with Gasteiger partial charge in [0.15, 0.2) is 0 Å². The Bertz CT molecular complexity index is 473. The Kier molecular flexibility index (Phi) is 8.23. The van der Waals surface area contributed by atoms with Gasteiger partial charge < -0.3 is 15.2 Å². The first-order valence-corrected chi connectivity index (χ1v) is 7.62. The quantitative estimate of drug-likeness (QED) is 0.644. The predicted octanol–water partition coefficient (Wildman–Crippen LogP) is 1.78. The lowest BCUT2D eigenvalue weighted by molar-refractivity contribution is -0.143. The molecule has 0 aliphatic rings. The molecular formula is C15H19NO4S. The number of amides is 1. The SMILES string of the molecule is C=Cc1ccc(CSCCNC(=O)COCC(=O)O)cc1. The minimum Gasteiger partial charge on any atom is -0.480 e. The second-order valence-corrected chi connectivity index (χ2v) is 5.34. The van der Waals surface area contributed by atoms with Gasteiger partial charge in [-0.15, -0.1) is 0 Å². The number of ether oxygens (including phenoxy) is 1. The highest BCUT2D eigenvalue weighted by atomic mass is 32.2. The summed E-state index contributed by atoms with van der Waals surface area (Å²) in [5.41, 5.74) is 2.32. The zero-order valence-corrected chi connectivity index (χ0v) is 12.5. The van der Waals surface area contributed by atoms with Crippen LogP contribution in [0.5, 0.6) is 0 Å².